The van der Waals surface area contributed by atoms with Gasteiger partial charge in [0, 0.05) is 41.3 Å². The van der Waals surface area contributed by atoms with Gasteiger partial charge in [-0.1, -0.05) is 96.1 Å². The second kappa shape index (κ2) is 28.9. The average molecular weight is 755 g/mol. The van der Waals surface area contributed by atoms with Gasteiger partial charge >= 0.3 is 5.97 Å². The van der Waals surface area contributed by atoms with E-state index in [0.29, 0.717) is 35.6 Å². The first-order valence-corrected chi connectivity index (χ1v) is 20.2. The number of hydrogen-bond acceptors (Lipinski definition) is 6. The van der Waals surface area contributed by atoms with Gasteiger partial charge in [-0.2, -0.15) is 5.26 Å². The van der Waals surface area contributed by atoms with Gasteiger partial charge in [-0.15, -0.1) is 0 Å². The van der Waals surface area contributed by atoms with Crippen LogP contribution < -0.4 is 4.74 Å². The molecule has 4 rings (SSSR count). The Morgan fingerprint density at radius 1 is 1.00 bits per heavy atom. The predicted molar refractivity (Wildman–Crippen MR) is 224 cm³/mol. The molecule has 0 bridgehead atoms. The number of rotatable bonds is 14. The number of carbonyl (C=O) groups is 1. The fourth-order valence-electron chi connectivity index (χ4n) is 5.58. The minimum absolute atomic E-state index is 0.0974. The summed E-state index contributed by atoms with van der Waals surface area (Å²) in [4.78, 5) is 15.6. The number of nitrogens with zero attached hydrogens (tertiary/aromatic N) is 2. The molecule has 300 valence electrons. The number of halogens is 1. The van der Waals surface area contributed by atoms with Crippen molar-refractivity contribution in [1.29, 1.82) is 5.26 Å². The van der Waals surface area contributed by atoms with Crippen molar-refractivity contribution in [2.24, 2.45) is 5.92 Å². The van der Waals surface area contributed by atoms with E-state index in [-0.39, 0.29) is 6.61 Å². The molecular weight excluding hydrogens is 688 g/mol. The van der Waals surface area contributed by atoms with Crippen LogP contribution in [-0.2, 0) is 20.9 Å². The first kappa shape index (κ1) is 48.6. The Balaban J connectivity index is 0.000000413. The van der Waals surface area contributed by atoms with Crippen LogP contribution in [0.2, 0.25) is 0 Å². The molecule has 2 aromatic carbocycles. The van der Waals surface area contributed by atoms with E-state index < -0.39 is 11.8 Å². The smallest absolute Gasteiger partial charge is 0.384 e. The SMILES string of the molecule is C/C=C(\C)CC(C)C.CCCC(CCC)c1cccc(OCc2ccc(C#N)cc2F)n1.CCCCC1CCO1.CCOC(=O)C#Cc1ccc(C)c(C)c1. The third kappa shape index (κ3) is 21.3. The molecule has 0 amide bonds. The summed E-state index contributed by atoms with van der Waals surface area (Å²) >= 11 is 0. The van der Waals surface area contributed by atoms with Crippen molar-refractivity contribution in [2.45, 2.75) is 146 Å². The van der Waals surface area contributed by atoms with Crippen LogP contribution in [0.15, 0.2) is 66.2 Å². The largest absolute Gasteiger partial charge is 0.473 e. The Morgan fingerprint density at radius 2 is 1.69 bits per heavy atom. The van der Waals surface area contributed by atoms with Gasteiger partial charge in [0.15, 0.2) is 0 Å². The molecule has 0 N–H and O–H groups in total. The fraction of sp³-hybridized carbons (Fsp3) is 0.521. The van der Waals surface area contributed by atoms with E-state index in [1.165, 1.54) is 54.9 Å². The zero-order valence-electron chi connectivity index (χ0n) is 35.4. The Hall–Kier alpha value is -4.46. The van der Waals surface area contributed by atoms with Crippen LogP contribution in [0.4, 0.5) is 4.39 Å². The zero-order chi connectivity index (χ0) is 41.0. The minimum atomic E-state index is -0.476. The molecule has 6 nitrogen and oxygen atoms in total. The molecule has 0 spiro atoms. The topological polar surface area (TPSA) is 81.4 Å². The monoisotopic (exact) mass is 755 g/mol. The molecule has 7 heteroatoms. The number of unbranched alkanes of at least 4 members (excludes halogenated alkanes) is 1. The molecule has 1 aromatic heterocycles. The van der Waals surface area contributed by atoms with Crippen LogP contribution in [0.5, 0.6) is 5.88 Å². The quantitative estimate of drug-likeness (QED) is 0.0926. The van der Waals surface area contributed by atoms with Crippen LogP contribution >= 0.6 is 0 Å². The summed E-state index contributed by atoms with van der Waals surface area (Å²) in [5.74, 6) is 6.06. The summed E-state index contributed by atoms with van der Waals surface area (Å²) in [6.07, 6.45) is 13.7. The first-order valence-electron chi connectivity index (χ1n) is 20.2. The molecule has 3 aromatic rings. The summed E-state index contributed by atoms with van der Waals surface area (Å²) in [5.41, 5.74) is 6.49. The fourth-order valence-corrected chi connectivity index (χ4v) is 5.58. The molecule has 0 aliphatic carbocycles. The van der Waals surface area contributed by atoms with Gasteiger partial charge < -0.3 is 14.2 Å². The van der Waals surface area contributed by atoms with Crippen LogP contribution in [0.25, 0.3) is 0 Å². The number of hydrogen-bond donors (Lipinski definition) is 0. The van der Waals surface area contributed by atoms with Gasteiger partial charge in [0.1, 0.15) is 12.4 Å². The Kier molecular flexibility index (Phi) is 25.5. The van der Waals surface area contributed by atoms with Crippen molar-refractivity contribution in [3.05, 3.63) is 106 Å². The van der Waals surface area contributed by atoms with E-state index in [1.807, 2.05) is 50.2 Å². The number of benzene rings is 2. The predicted octanol–water partition coefficient (Wildman–Crippen LogP) is 12.5. The van der Waals surface area contributed by atoms with E-state index >= 15 is 0 Å². The van der Waals surface area contributed by atoms with Gasteiger partial charge in [-0.25, -0.2) is 14.2 Å². The van der Waals surface area contributed by atoms with E-state index in [9.17, 15) is 9.18 Å². The lowest BCUT2D eigenvalue weighted by atomic mass is 9.94. The molecule has 1 aliphatic rings. The highest BCUT2D eigenvalue weighted by atomic mass is 19.1. The summed E-state index contributed by atoms with van der Waals surface area (Å²) in [5, 5.41) is 8.77. The van der Waals surface area contributed by atoms with Crippen molar-refractivity contribution in [2.75, 3.05) is 13.2 Å². The number of carbonyl (C=O) groups excluding carboxylic acids is 1. The lowest BCUT2D eigenvalue weighted by Gasteiger charge is -2.25. The summed E-state index contributed by atoms with van der Waals surface area (Å²) in [6.45, 7) is 22.6. The molecule has 1 atom stereocenters. The Bertz CT molecular complexity index is 1670. The molecular formula is C48H67FN2O4. The van der Waals surface area contributed by atoms with Crippen LogP contribution in [0.3, 0.4) is 0 Å². The lowest BCUT2D eigenvalue weighted by molar-refractivity contribution is -0.136. The van der Waals surface area contributed by atoms with Crippen molar-refractivity contribution in [1.82, 2.24) is 4.98 Å². The van der Waals surface area contributed by atoms with E-state index in [4.69, 9.17) is 19.5 Å². The molecule has 0 radical (unpaired) electrons. The number of ether oxygens (including phenoxy) is 3. The van der Waals surface area contributed by atoms with Gasteiger partial charge in [0.2, 0.25) is 5.88 Å². The maximum absolute atomic E-state index is 13.9. The number of pyridine rings is 1. The molecule has 1 unspecified atom stereocenters. The number of esters is 1. The van der Waals surface area contributed by atoms with Crippen molar-refractivity contribution in [3.8, 4) is 23.8 Å². The number of nitriles is 1. The first-order chi connectivity index (χ1) is 26.4. The van der Waals surface area contributed by atoms with Crippen molar-refractivity contribution < 1.29 is 23.4 Å². The molecule has 55 heavy (non-hydrogen) atoms. The number of allylic oxidation sites excluding steroid dienone is 2. The molecule has 2 heterocycles. The lowest BCUT2D eigenvalue weighted by Crippen LogP contribution is -2.26. The van der Waals surface area contributed by atoms with Gasteiger partial charge in [0.05, 0.1) is 24.3 Å². The summed E-state index contributed by atoms with van der Waals surface area (Å²) in [7, 11) is 0. The normalized spacial score (nSPS) is 12.9. The van der Waals surface area contributed by atoms with E-state index in [2.05, 4.69) is 71.4 Å². The number of aromatic nitrogens is 1. The third-order valence-corrected chi connectivity index (χ3v) is 8.98. The van der Waals surface area contributed by atoms with Gasteiger partial charge in [-0.05, 0) is 114 Å². The second-order valence-corrected chi connectivity index (χ2v) is 14.3. The van der Waals surface area contributed by atoms with Crippen LogP contribution in [-0.4, -0.2) is 30.3 Å². The highest BCUT2D eigenvalue weighted by molar-refractivity contribution is 5.89. The van der Waals surface area contributed by atoms with Crippen molar-refractivity contribution in [3.63, 3.8) is 0 Å². The van der Waals surface area contributed by atoms with Crippen molar-refractivity contribution >= 4 is 5.97 Å². The third-order valence-electron chi connectivity index (χ3n) is 8.98. The molecule has 1 saturated heterocycles. The van der Waals surface area contributed by atoms with Crippen LogP contribution in [0.1, 0.15) is 153 Å². The second-order valence-electron chi connectivity index (χ2n) is 14.3. The Morgan fingerprint density at radius 3 is 2.20 bits per heavy atom. The van der Waals surface area contributed by atoms with Crippen LogP contribution in [0, 0.1) is 48.8 Å². The minimum Gasteiger partial charge on any atom is -0.473 e. The maximum atomic E-state index is 13.9. The summed E-state index contributed by atoms with van der Waals surface area (Å²) in [6, 6.07) is 17.9. The van der Waals surface area contributed by atoms with E-state index in [0.717, 1.165) is 49.5 Å². The highest BCUT2D eigenvalue weighted by Gasteiger charge is 2.16. The maximum Gasteiger partial charge on any atom is 0.384 e. The number of aryl methyl sites for hydroxylation is 2. The highest BCUT2D eigenvalue weighted by Crippen LogP contribution is 2.26. The van der Waals surface area contributed by atoms with E-state index in [1.54, 1.807) is 25.1 Å². The average Bonchev–Trinajstić information content (AvgIpc) is 3.15. The zero-order valence-corrected chi connectivity index (χ0v) is 35.4. The Labute approximate surface area is 332 Å². The molecule has 1 fully saturated rings. The van der Waals surface area contributed by atoms with Gasteiger partial charge in [-0.3, -0.25) is 0 Å². The molecule has 0 saturated carbocycles. The van der Waals surface area contributed by atoms with Gasteiger partial charge in [0.25, 0.3) is 0 Å². The standard InChI is InChI=1S/C20H23FN2O.C13H14O2.C8H16.C7H14O/c1-3-6-16(7-4-2)19-8-5-9-20(23-19)24-14-17-11-10-15(13-22)12-18(17)21;1-4-15-13(14)8-7-12-6-5-10(2)11(3)9-12;1-5-8(4)6-7(2)3;1-2-3-4-7-5-6-8-7/h5,8-12,16H,3-4,6-7,14H2,1-2H3;5-6,9H,4H2,1-3H3;5,7H,6H2,1-4H3;7H,2-6H2,1H3/b;;8-5+;. The summed E-state index contributed by atoms with van der Waals surface area (Å²) < 4.78 is 29.5. The molecule has 1 aliphatic heterocycles.